The molecule has 2 aromatic rings. The lowest BCUT2D eigenvalue weighted by Gasteiger charge is -2.30. The second kappa shape index (κ2) is 11.4. The van der Waals surface area contributed by atoms with Crippen molar-refractivity contribution in [2.45, 2.75) is 50.8 Å². The fourth-order valence-electron chi connectivity index (χ4n) is 4.85. The maximum absolute atomic E-state index is 12.6. The number of aromatic nitrogens is 2. The summed E-state index contributed by atoms with van der Waals surface area (Å²) in [5.74, 6) is 0.431. The predicted molar refractivity (Wildman–Crippen MR) is 129 cm³/mol. The molecule has 0 spiro atoms. The van der Waals surface area contributed by atoms with Gasteiger partial charge in [0.15, 0.2) is 0 Å². The van der Waals surface area contributed by atoms with Crippen LogP contribution in [-0.4, -0.2) is 70.6 Å². The molecule has 9 nitrogen and oxygen atoms in total. The Kier molecular flexibility index (Phi) is 8.08. The number of nitrogens with one attached hydrogen (secondary N) is 3. The Balaban J connectivity index is 1.22. The van der Waals surface area contributed by atoms with Crippen LogP contribution in [0.25, 0.3) is 0 Å². The van der Waals surface area contributed by atoms with Crippen LogP contribution in [0.2, 0.25) is 0 Å². The van der Waals surface area contributed by atoms with E-state index in [1.54, 1.807) is 13.1 Å². The van der Waals surface area contributed by atoms with Gasteiger partial charge in [0, 0.05) is 51.3 Å². The maximum Gasteiger partial charge on any atom is 0.270 e. The molecule has 1 aromatic carbocycles. The highest BCUT2D eigenvalue weighted by atomic mass is 16.3. The topological polar surface area (TPSA) is 119 Å². The molecule has 1 atom stereocenters. The third kappa shape index (κ3) is 6.30. The first-order chi connectivity index (χ1) is 16.5. The number of nitrogens with zero attached hydrogens (tertiary/aromatic N) is 3. The van der Waals surface area contributed by atoms with Gasteiger partial charge in [0.2, 0.25) is 5.91 Å². The Labute approximate surface area is 200 Å². The minimum atomic E-state index is -0.663. The van der Waals surface area contributed by atoms with Crippen LogP contribution in [-0.2, 0) is 17.8 Å². The number of carbonyl (C=O) groups excluding carboxylic acids is 2. The summed E-state index contributed by atoms with van der Waals surface area (Å²) in [6.07, 6.45) is 5.08. The summed E-state index contributed by atoms with van der Waals surface area (Å²) in [5, 5.41) is 19.3. The monoisotopic (exact) mass is 466 g/mol. The molecule has 4 N–H and O–H groups in total. The van der Waals surface area contributed by atoms with Crippen LogP contribution in [0.15, 0.2) is 36.7 Å². The van der Waals surface area contributed by atoms with E-state index in [4.69, 9.17) is 0 Å². The zero-order valence-electron chi connectivity index (χ0n) is 19.7. The molecule has 2 aliphatic rings. The van der Waals surface area contributed by atoms with Gasteiger partial charge in [-0.05, 0) is 43.2 Å². The van der Waals surface area contributed by atoms with Gasteiger partial charge >= 0.3 is 0 Å². The number of aliphatic hydroxyl groups is 1. The molecule has 2 amide bonds. The van der Waals surface area contributed by atoms with Crippen molar-refractivity contribution in [1.82, 2.24) is 25.5 Å². The van der Waals surface area contributed by atoms with Crippen molar-refractivity contribution in [3.63, 3.8) is 0 Å². The van der Waals surface area contributed by atoms with Gasteiger partial charge in [0.1, 0.15) is 17.8 Å². The molecule has 1 aromatic heterocycles. The molecule has 1 aliphatic heterocycles. The van der Waals surface area contributed by atoms with Crippen molar-refractivity contribution in [3.05, 3.63) is 53.5 Å². The van der Waals surface area contributed by atoms with Crippen LogP contribution in [0.1, 0.15) is 47.3 Å². The van der Waals surface area contributed by atoms with Gasteiger partial charge < -0.3 is 21.1 Å². The fourth-order valence-corrected chi connectivity index (χ4v) is 4.85. The zero-order chi connectivity index (χ0) is 23.9. The van der Waals surface area contributed by atoms with Crippen LogP contribution < -0.4 is 16.0 Å². The van der Waals surface area contributed by atoms with E-state index in [9.17, 15) is 14.7 Å². The Morgan fingerprint density at radius 1 is 1.15 bits per heavy atom. The summed E-state index contributed by atoms with van der Waals surface area (Å²) in [6, 6.07) is 10.2. The summed E-state index contributed by atoms with van der Waals surface area (Å²) in [4.78, 5) is 34.9. The molecule has 1 saturated carbocycles. The summed E-state index contributed by atoms with van der Waals surface area (Å²) in [5.41, 5.74) is 2.93. The molecule has 0 unspecified atom stereocenters. The number of hydrogen-bond donors (Lipinski definition) is 4. The van der Waals surface area contributed by atoms with Gasteiger partial charge in [-0.15, -0.1) is 0 Å². The van der Waals surface area contributed by atoms with Crippen LogP contribution >= 0.6 is 0 Å². The molecule has 0 saturated heterocycles. The van der Waals surface area contributed by atoms with Crippen molar-refractivity contribution in [1.29, 1.82) is 0 Å². The molecular formula is C25H34N6O3. The maximum atomic E-state index is 12.6. The van der Waals surface area contributed by atoms with Crippen LogP contribution in [0.4, 0.5) is 5.82 Å². The molecule has 0 radical (unpaired) electrons. The average Bonchev–Trinajstić information content (AvgIpc) is 2.87. The smallest absolute Gasteiger partial charge is 0.270 e. The number of aliphatic hydroxyl groups excluding tert-OH is 1. The van der Waals surface area contributed by atoms with E-state index in [1.807, 2.05) is 6.07 Å². The van der Waals surface area contributed by atoms with Gasteiger partial charge in [-0.25, -0.2) is 9.97 Å². The van der Waals surface area contributed by atoms with Crippen molar-refractivity contribution in [2.75, 3.05) is 32.0 Å². The molecule has 34 heavy (non-hydrogen) atoms. The van der Waals surface area contributed by atoms with E-state index in [0.717, 1.165) is 45.2 Å². The average molecular weight is 467 g/mol. The number of hydrogen-bond acceptors (Lipinski definition) is 7. The van der Waals surface area contributed by atoms with Crippen LogP contribution in [0, 0.1) is 5.92 Å². The summed E-state index contributed by atoms with van der Waals surface area (Å²) < 4.78 is 0. The fraction of sp³-hybridized carbons (Fsp3) is 0.520. The van der Waals surface area contributed by atoms with Gasteiger partial charge in [0.25, 0.3) is 5.91 Å². The van der Waals surface area contributed by atoms with Crippen LogP contribution in [0.3, 0.4) is 0 Å². The first-order valence-electron chi connectivity index (χ1n) is 12.1. The zero-order valence-corrected chi connectivity index (χ0v) is 19.7. The Morgan fingerprint density at radius 2 is 1.91 bits per heavy atom. The molecule has 9 heteroatoms. The van der Waals surface area contributed by atoms with E-state index in [2.05, 4.69) is 49.0 Å². The quantitative estimate of drug-likeness (QED) is 0.464. The molecule has 2 heterocycles. The summed E-state index contributed by atoms with van der Waals surface area (Å²) in [7, 11) is 1.67. The normalized spacial score (nSPS) is 21.2. The highest BCUT2D eigenvalue weighted by Crippen LogP contribution is 2.26. The van der Waals surface area contributed by atoms with Gasteiger partial charge in [-0.1, -0.05) is 24.3 Å². The standard InChI is InChI=1S/C25H34N6O3/c1-26-24(33)18-6-8-20(9-7-18)30-23-12-22(28-16-29-23)25(34)27-13-21(32)15-31-11-10-17-4-2-3-5-19(17)14-31/h2-5,12,16,18,20-21,32H,6-11,13-15H2,1H3,(H,26,33)(H,27,34)(H,28,29,30)/t18-,20-,21-/m0/s1. The van der Waals surface area contributed by atoms with E-state index >= 15 is 0 Å². The number of carbonyl (C=O) groups is 2. The first-order valence-corrected chi connectivity index (χ1v) is 12.1. The summed E-state index contributed by atoms with van der Waals surface area (Å²) in [6.45, 7) is 2.37. The Hall–Kier alpha value is -3.04. The van der Waals surface area contributed by atoms with Gasteiger partial charge in [-0.2, -0.15) is 0 Å². The lowest BCUT2D eigenvalue weighted by Crippen LogP contribution is -2.42. The number of anilines is 1. The van der Waals surface area contributed by atoms with Crippen molar-refractivity contribution >= 4 is 17.6 Å². The van der Waals surface area contributed by atoms with E-state index in [-0.39, 0.29) is 36.0 Å². The highest BCUT2D eigenvalue weighted by Gasteiger charge is 2.26. The highest BCUT2D eigenvalue weighted by molar-refractivity contribution is 5.92. The molecular weight excluding hydrogens is 432 g/mol. The molecule has 1 aliphatic carbocycles. The van der Waals surface area contributed by atoms with E-state index in [0.29, 0.717) is 12.4 Å². The lowest BCUT2D eigenvalue weighted by atomic mass is 9.85. The Bertz CT molecular complexity index is 992. The lowest BCUT2D eigenvalue weighted by molar-refractivity contribution is -0.125. The molecule has 0 bridgehead atoms. The first kappa shape index (κ1) is 24.1. The van der Waals surface area contributed by atoms with Gasteiger partial charge in [0.05, 0.1) is 6.10 Å². The van der Waals surface area contributed by atoms with Crippen molar-refractivity contribution in [3.8, 4) is 0 Å². The number of benzene rings is 1. The van der Waals surface area contributed by atoms with Crippen molar-refractivity contribution in [2.24, 2.45) is 5.92 Å². The molecule has 1 fully saturated rings. The second-order valence-electron chi connectivity index (χ2n) is 9.21. The SMILES string of the molecule is CNC(=O)[C@H]1CC[C@H](Nc2cc(C(=O)NC[C@H](O)CN3CCc4ccccc4C3)ncn2)CC1. The summed E-state index contributed by atoms with van der Waals surface area (Å²) >= 11 is 0. The van der Waals surface area contributed by atoms with E-state index < -0.39 is 6.10 Å². The Morgan fingerprint density at radius 3 is 2.68 bits per heavy atom. The third-order valence-electron chi connectivity index (χ3n) is 6.77. The van der Waals surface area contributed by atoms with Crippen LogP contribution in [0.5, 0.6) is 0 Å². The molecule has 4 rings (SSSR count). The second-order valence-corrected chi connectivity index (χ2v) is 9.21. The number of β-amino-alcohol motifs (C(OH)–C–C–N with tert-alkyl or cyclic N) is 1. The number of fused-ring (bicyclic) bond motifs is 1. The van der Waals surface area contributed by atoms with Crippen molar-refractivity contribution < 1.29 is 14.7 Å². The molecule has 182 valence electrons. The van der Waals surface area contributed by atoms with Gasteiger partial charge in [-0.3, -0.25) is 14.5 Å². The minimum absolute atomic E-state index is 0.0703. The van der Waals surface area contributed by atoms with E-state index in [1.165, 1.54) is 17.5 Å². The third-order valence-corrected chi connectivity index (χ3v) is 6.77. The largest absolute Gasteiger partial charge is 0.390 e. The predicted octanol–water partition coefficient (Wildman–Crippen LogP) is 1.34. The number of amides is 2. The number of rotatable bonds is 8. The minimum Gasteiger partial charge on any atom is -0.390 e.